The molecule has 4 rings (SSSR count). The summed E-state index contributed by atoms with van der Waals surface area (Å²) in [7, 11) is 3.37. The Balaban J connectivity index is 1.72. The maximum atomic E-state index is 11.8. The third kappa shape index (κ3) is 4.04. The van der Waals surface area contributed by atoms with Gasteiger partial charge in [-0.2, -0.15) is 0 Å². The molecule has 9 nitrogen and oxygen atoms in total. The first-order chi connectivity index (χ1) is 15.5. The molecule has 3 heterocycles. The molecule has 0 atom stereocenters. The van der Waals surface area contributed by atoms with Gasteiger partial charge in [0.1, 0.15) is 22.9 Å². The molecule has 0 saturated heterocycles. The van der Waals surface area contributed by atoms with Crippen LogP contribution in [0.2, 0.25) is 0 Å². The van der Waals surface area contributed by atoms with E-state index in [-0.39, 0.29) is 10.6 Å². The number of ether oxygens (including phenoxy) is 1. The van der Waals surface area contributed by atoms with E-state index in [1.807, 2.05) is 59.8 Å². The molecule has 9 heteroatoms. The fraction of sp³-hybridized carbons (Fsp3) is 0.217. The van der Waals surface area contributed by atoms with Crippen LogP contribution in [-0.2, 0) is 0 Å². The summed E-state index contributed by atoms with van der Waals surface area (Å²) >= 11 is 0. The van der Waals surface area contributed by atoms with E-state index in [1.165, 1.54) is 13.2 Å². The number of nitrogens with one attached hydrogen (secondary N) is 1. The third-order valence-corrected chi connectivity index (χ3v) is 5.20. The van der Waals surface area contributed by atoms with Gasteiger partial charge in [-0.05, 0) is 30.7 Å². The van der Waals surface area contributed by atoms with Gasteiger partial charge in [0.2, 0.25) is 0 Å². The molecule has 0 fully saturated rings. The quantitative estimate of drug-likeness (QED) is 0.312. The molecule has 0 aliphatic rings. The second kappa shape index (κ2) is 8.93. The summed E-state index contributed by atoms with van der Waals surface area (Å²) in [5.41, 5.74) is 3.65. The molecular formula is C23H24N6O3. The zero-order valence-electron chi connectivity index (χ0n) is 18.1. The van der Waals surface area contributed by atoms with Crippen LogP contribution >= 0.6 is 0 Å². The number of rotatable bonds is 8. The molecule has 0 aliphatic heterocycles. The SMILES string of the molecule is CCCN(C)c1cc(OC)c(Nc2cc(-c3cnc4ccccn34)ccn2)cc1[N+](=O)[O-]. The number of fused-ring (bicyclic) bond motifs is 1. The van der Waals surface area contributed by atoms with E-state index in [1.54, 1.807) is 18.5 Å². The second-order valence-corrected chi connectivity index (χ2v) is 7.35. The van der Waals surface area contributed by atoms with Gasteiger partial charge in [-0.1, -0.05) is 13.0 Å². The topological polar surface area (TPSA) is 97.8 Å². The molecule has 0 bridgehead atoms. The van der Waals surface area contributed by atoms with Crippen molar-refractivity contribution in [3.05, 3.63) is 71.2 Å². The van der Waals surface area contributed by atoms with Gasteiger partial charge in [0.05, 0.1) is 29.6 Å². The molecule has 1 N–H and O–H groups in total. The van der Waals surface area contributed by atoms with Gasteiger partial charge in [0, 0.05) is 43.7 Å². The lowest BCUT2D eigenvalue weighted by Gasteiger charge is -2.20. The predicted octanol–water partition coefficient (Wildman–Crippen LogP) is 4.90. The smallest absolute Gasteiger partial charge is 0.294 e. The van der Waals surface area contributed by atoms with Crippen LogP contribution in [0.25, 0.3) is 16.9 Å². The van der Waals surface area contributed by atoms with Gasteiger partial charge in [-0.15, -0.1) is 0 Å². The van der Waals surface area contributed by atoms with Crippen LogP contribution in [0.1, 0.15) is 13.3 Å². The summed E-state index contributed by atoms with van der Waals surface area (Å²) in [6.45, 7) is 2.72. The van der Waals surface area contributed by atoms with Crippen LogP contribution < -0.4 is 15.0 Å². The lowest BCUT2D eigenvalue weighted by Crippen LogP contribution is -2.19. The van der Waals surface area contributed by atoms with E-state index in [0.29, 0.717) is 29.5 Å². The number of methoxy groups -OCH3 is 1. The van der Waals surface area contributed by atoms with E-state index in [0.717, 1.165) is 23.3 Å². The molecule has 32 heavy (non-hydrogen) atoms. The summed E-state index contributed by atoms with van der Waals surface area (Å²) < 4.78 is 7.52. The van der Waals surface area contributed by atoms with Gasteiger partial charge in [0.15, 0.2) is 0 Å². The Hall–Kier alpha value is -4.14. The molecule has 4 aromatic rings. The molecule has 0 aliphatic carbocycles. The van der Waals surface area contributed by atoms with Crippen LogP contribution in [0.5, 0.6) is 5.75 Å². The molecule has 0 spiro atoms. The molecule has 3 aromatic heterocycles. The van der Waals surface area contributed by atoms with Crippen LogP contribution in [0.15, 0.2) is 61.1 Å². The number of nitrogens with zero attached hydrogens (tertiary/aromatic N) is 5. The minimum Gasteiger partial charge on any atom is -0.494 e. The number of benzene rings is 1. The molecule has 1 aromatic carbocycles. The monoisotopic (exact) mass is 432 g/mol. The Morgan fingerprint density at radius 3 is 2.81 bits per heavy atom. The van der Waals surface area contributed by atoms with Crippen molar-refractivity contribution in [1.29, 1.82) is 0 Å². The summed E-state index contributed by atoms with van der Waals surface area (Å²) in [5.74, 6) is 1.03. The minimum absolute atomic E-state index is 0.00203. The number of nitro benzene ring substituents is 1. The highest BCUT2D eigenvalue weighted by atomic mass is 16.6. The van der Waals surface area contributed by atoms with E-state index < -0.39 is 0 Å². The number of nitro groups is 1. The van der Waals surface area contributed by atoms with Crippen molar-refractivity contribution in [1.82, 2.24) is 14.4 Å². The molecule has 0 unspecified atom stereocenters. The summed E-state index contributed by atoms with van der Waals surface area (Å²) in [6.07, 6.45) is 6.31. The Morgan fingerprint density at radius 2 is 2.06 bits per heavy atom. The highest BCUT2D eigenvalue weighted by Gasteiger charge is 2.22. The fourth-order valence-electron chi connectivity index (χ4n) is 3.67. The summed E-state index contributed by atoms with van der Waals surface area (Å²) in [6, 6.07) is 12.8. The van der Waals surface area contributed by atoms with Gasteiger partial charge in [-0.25, -0.2) is 9.97 Å². The second-order valence-electron chi connectivity index (χ2n) is 7.35. The van der Waals surface area contributed by atoms with Crippen molar-refractivity contribution in [2.24, 2.45) is 0 Å². The van der Waals surface area contributed by atoms with E-state index in [4.69, 9.17) is 4.74 Å². The van der Waals surface area contributed by atoms with Crippen LogP contribution in [-0.4, -0.2) is 40.0 Å². The molecular weight excluding hydrogens is 408 g/mol. The average Bonchev–Trinajstić information content (AvgIpc) is 3.23. The van der Waals surface area contributed by atoms with Crippen molar-refractivity contribution >= 4 is 28.5 Å². The van der Waals surface area contributed by atoms with Crippen molar-refractivity contribution < 1.29 is 9.66 Å². The van der Waals surface area contributed by atoms with E-state index >= 15 is 0 Å². The maximum absolute atomic E-state index is 11.8. The largest absolute Gasteiger partial charge is 0.494 e. The lowest BCUT2D eigenvalue weighted by atomic mass is 10.1. The first kappa shape index (κ1) is 21.1. The number of anilines is 3. The van der Waals surface area contributed by atoms with Gasteiger partial charge >= 0.3 is 0 Å². The van der Waals surface area contributed by atoms with Gasteiger partial charge in [-0.3, -0.25) is 14.5 Å². The Morgan fingerprint density at radius 1 is 1.22 bits per heavy atom. The third-order valence-electron chi connectivity index (χ3n) is 5.20. The lowest BCUT2D eigenvalue weighted by molar-refractivity contribution is -0.384. The first-order valence-electron chi connectivity index (χ1n) is 10.2. The highest BCUT2D eigenvalue weighted by Crippen LogP contribution is 2.39. The Labute approximate surface area is 185 Å². The first-order valence-corrected chi connectivity index (χ1v) is 10.2. The molecule has 164 valence electrons. The fourth-order valence-corrected chi connectivity index (χ4v) is 3.67. The van der Waals surface area contributed by atoms with Crippen molar-refractivity contribution in [3.63, 3.8) is 0 Å². The number of hydrogen-bond acceptors (Lipinski definition) is 7. The molecule has 0 amide bonds. The number of aromatic nitrogens is 3. The number of pyridine rings is 2. The summed E-state index contributed by atoms with van der Waals surface area (Å²) in [4.78, 5) is 22.0. The van der Waals surface area contributed by atoms with Gasteiger partial charge < -0.3 is 15.0 Å². The average molecular weight is 432 g/mol. The van der Waals surface area contributed by atoms with Crippen molar-refractivity contribution in [3.8, 4) is 17.0 Å². The van der Waals surface area contributed by atoms with Gasteiger partial charge in [0.25, 0.3) is 5.69 Å². The van der Waals surface area contributed by atoms with Crippen LogP contribution in [0.4, 0.5) is 22.9 Å². The maximum Gasteiger partial charge on any atom is 0.294 e. The van der Waals surface area contributed by atoms with Crippen molar-refractivity contribution in [2.75, 3.05) is 30.9 Å². The normalized spacial score (nSPS) is 10.8. The van der Waals surface area contributed by atoms with E-state index in [2.05, 4.69) is 15.3 Å². The highest BCUT2D eigenvalue weighted by molar-refractivity contribution is 5.78. The van der Waals surface area contributed by atoms with Crippen molar-refractivity contribution in [2.45, 2.75) is 13.3 Å². The molecule has 0 saturated carbocycles. The molecule has 0 radical (unpaired) electrons. The number of imidazole rings is 1. The Kier molecular flexibility index (Phi) is 5.89. The standard InChI is InChI=1S/C23H24N6O3/c1-4-10-27(2)18-14-21(32-3)17(13-19(18)29(30)31)26-22-12-16(8-9-24-22)20-15-25-23-7-5-6-11-28(20)23/h5-9,11-15H,4,10H2,1-3H3,(H,24,26). The minimum atomic E-state index is -0.381. The van der Waals surface area contributed by atoms with Crippen LogP contribution in [0.3, 0.4) is 0 Å². The van der Waals surface area contributed by atoms with E-state index in [9.17, 15) is 10.1 Å². The Bertz CT molecular complexity index is 1270. The number of hydrogen-bond donors (Lipinski definition) is 1. The zero-order valence-corrected chi connectivity index (χ0v) is 18.1. The summed E-state index contributed by atoms with van der Waals surface area (Å²) in [5, 5.41) is 14.9. The zero-order chi connectivity index (χ0) is 22.7. The predicted molar refractivity (Wildman–Crippen MR) is 125 cm³/mol. The van der Waals surface area contributed by atoms with Crippen LogP contribution in [0, 0.1) is 10.1 Å².